The zero-order valence-electron chi connectivity index (χ0n) is 16.0. The fourth-order valence-corrected chi connectivity index (χ4v) is 4.38. The van der Waals surface area contributed by atoms with Crippen molar-refractivity contribution < 1.29 is 4.79 Å². The normalized spacial score (nSPS) is 18.1. The van der Waals surface area contributed by atoms with Crippen LogP contribution in [0.2, 0.25) is 0 Å². The lowest BCUT2D eigenvalue weighted by atomic mass is 9.93. The third-order valence-electron chi connectivity index (χ3n) is 5.76. The van der Waals surface area contributed by atoms with E-state index in [2.05, 4.69) is 40.0 Å². The van der Waals surface area contributed by atoms with Gasteiger partial charge in [-0.25, -0.2) is 9.50 Å². The molecule has 2 atom stereocenters. The Balaban J connectivity index is 1.75. The van der Waals surface area contributed by atoms with Gasteiger partial charge in [0, 0.05) is 46.8 Å². The molecule has 0 saturated carbocycles. The van der Waals surface area contributed by atoms with Gasteiger partial charge in [0.2, 0.25) is 5.91 Å². The molecule has 4 aromatic rings. The van der Waals surface area contributed by atoms with Crippen LogP contribution in [0.4, 0.5) is 5.82 Å². The number of fused-ring (bicyclic) bond motifs is 4. The molecule has 29 heavy (non-hydrogen) atoms. The van der Waals surface area contributed by atoms with Crippen LogP contribution < -0.4 is 11.1 Å². The van der Waals surface area contributed by atoms with Crippen LogP contribution >= 0.6 is 0 Å². The molecule has 2 unspecified atom stereocenters. The zero-order chi connectivity index (χ0) is 20.1. The fourth-order valence-electron chi connectivity index (χ4n) is 4.38. The Bertz CT molecular complexity index is 1290. The average Bonchev–Trinajstić information content (AvgIpc) is 3.23. The molecule has 7 nitrogen and oxygen atoms in total. The van der Waals surface area contributed by atoms with Crippen molar-refractivity contribution in [3.05, 3.63) is 66.8 Å². The number of para-hydroxylation sites is 1. The van der Waals surface area contributed by atoms with Crippen molar-refractivity contribution in [2.75, 3.05) is 5.73 Å². The molecule has 144 valence electrons. The van der Waals surface area contributed by atoms with E-state index in [4.69, 9.17) is 5.73 Å². The number of benzene rings is 1. The molecule has 0 fully saturated rings. The quantitative estimate of drug-likeness (QED) is 0.529. The number of hydrogen-bond acceptors (Lipinski definition) is 5. The Morgan fingerprint density at radius 1 is 1.34 bits per heavy atom. The van der Waals surface area contributed by atoms with Crippen molar-refractivity contribution in [1.82, 2.24) is 24.9 Å². The minimum absolute atomic E-state index is 0.0363. The van der Waals surface area contributed by atoms with E-state index in [1.807, 2.05) is 35.0 Å². The first-order chi connectivity index (χ1) is 14.1. The summed E-state index contributed by atoms with van der Waals surface area (Å²) in [5, 5.41) is 8.55. The number of nitrogens with two attached hydrogens (primary N) is 1. The van der Waals surface area contributed by atoms with Crippen LogP contribution in [0.15, 0.2) is 55.5 Å². The van der Waals surface area contributed by atoms with Gasteiger partial charge in [-0.2, -0.15) is 5.10 Å². The van der Waals surface area contributed by atoms with Crippen molar-refractivity contribution in [3.63, 3.8) is 0 Å². The average molecular weight is 384 g/mol. The molecule has 1 aliphatic rings. The summed E-state index contributed by atoms with van der Waals surface area (Å²) in [6.07, 6.45) is 5.29. The second-order valence-corrected chi connectivity index (χ2v) is 7.37. The van der Waals surface area contributed by atoms with Crippen LogP contribution in [0.3, 0.4) is 0 Å². The van der Waals surface area contributed by atoms with Gasteiger partial charge in [0.05, 0.1) is 5.52 Å². The summed E-state index contributed by atoms with van der Waals surface area (Å²) in [5.74, 6) is 0.331. The number of rotatable bonds is 3. The highest BCUT2D eigenvalue weighted by Crippen LogP contribution is 2.45. The molecule has 0 bridgehead atoms. The highest BCUT2D eigenvalue weighted by atomic mass is 16.1. The standard InChI is InChI=1S/C22H20N6O/c1-3-18(29)27-16-9-17-19(12(16)2)20(21-22(23)25-11-26-28(17)21)14-8-13-6-4-5-7-15(13)24-10-14/h3-8,10-12,16H,1,9H2,2H3,(H,27,29)(H2,23,25,26). The highest BCUT2D eigenvalue weighted by Gasteiger charge is 2.37. The van der Waals surface area contributed by atoms with E-state index in [1.54, 1.807) is 0 Å². The number of carbonyl (C=O) groups is 1. The van der Waals surface area contributed by atoms with Gasteiger partial charge in [-0.05, 0) is 23.8 Å². The van der Waals surface area contributed by atoms with Crippen molar-refractivity contribution in [2.24, 2.45) is 0 Å². The smallest absolute Gasteiger partial charge is 0.243 e. The summed E-state index contributed by atoms with van der Waals surface area (Å²) < 4.78 is 1.86. The van der Waals surface area contributed by atoms with Crippen LogP contribution in [0.5, 0.6) is 0 Å². The lowest BCUT2D eigenvalue weighted by Gasteiger charge is -2.19. The van der Waals surface area contributed by atoms with Crippen molar-refractivity contribution in [1.29, 1.82) is 0 Å². The molecular weight excluding hydrogens is 364 g/mol. The number of aromatic nitrogens is 4. The largest absolute Gasteiger partial charge is 0.382 e. The molecule has 3 aromatic heterocycles. The van der Waals surface area contributed by atoms with Gasteiger partial charge in [-0.3, -0.25) is 9.78 Å². The summed E-state index contributed by atoms with van der Waals surface area (Å²) >= 11 is 0. The predicted molar refractivity (Wildman–Crippen MR) is 112 cm³/mol. The summed E-state index contributed by atoms with van der Waals surface area (Å²) in [5.41, 5.74) is 12.1. The molecule has 1 aromatic carbocycles. The van der Waals surface area contributed by atoms with Crippen LogP contribution in [0, 0.1) is 0 Å². The van der Waals surface area contributed by atoms with Gasteiger partial charge < -0.3 is 11.1 Å². The van der Waals surface area contributed by atoms with Crippen LogP contribution in [-0.2, 0) is 11.2 Å². The monoisotopic (exact) mass is 384 g/mol. The molecule has 7 heteroatoms. The van der Waals surface area contributed by atoms with Crippen LogP contribution in [0.1, 0.15) is 24.1 Å². The number of pyridine rings is 1. The third kappa shape index (κ3) is 2.58. The maximum Gasteiger partial charge on any atom is 0.243 e. The van der Waals surface area contributed by atoms with E-state index in [1.165, 1.54) is 12.4 Å². The van der Waals surface area contributed by atoms with Gasteiger partial charge in [0.1, 0.15) is 11.8 Å². The van der Waals surface area contributed by atoms with E-state index >= 15 is 0 Å². The first-order valence-electron chi connectivity index (χ1n) is 9.50. The third-order valence-corrected chi connectivity index (χ3v) is 5.76. The summed E-state index contributed by atoms with van der Waals surface area (Å²) in [6, 6.07) is 10.1. The van der Waals surface area contributed by atoms with Crippen LogP contribution in [0.25, 0.3) is 27.5 Å². The molecule has 1 amide bonds. The van der Waals surface area contributed by atoms with Gasteiger partial charge in [-0.15, -0.1) is 0 Å². The Morgan fingerprint density at radius 2 is 2.17 bits per heavy atom. The Labute approximate surface area is 167 Å². The van der Waals surface area contributed by atoms with E-state index < -0.39 is 0 Å². The minimum Gasteiger partial charge on any atom is -0.382 e. The zero-order valence-corrected chi connectivity index (χ0v) is 16.0. The molecule has 1 aliphatic carbocycles. The van der Waals surface area contributed by atoms with Crippen molar-refractivity contribution >= 4 is 28.1 Å². The summed E-state index contributed by atoms with van der Waals surface area (Å²) in [4.78, 5) is 20.8. The number of nitrogens with one attached hydrogen (secondary N) is 1. The van der Waals surface area contributed by atoms with Crippen LogP contribution in [-0.4, -0.2) is 31.5 Å². The first-order valence-corrected chi connectivity index (χ1v) is 9.50. The Kier molecular flexibility index (Phi) is 3.84. The van der Waals surface area contributed by atoms with E-state index in [0.717, 1.165) is 38.8 Å². The predicted octanol–water partition coefficient (Wildman–Crippen LogP) is 2.86. The second kappa shape index (κ2) is 6.41. The second-order valence-electron chi connectivity index (χ2n) is 7.37. The van der Waals surface area contributed by atoms with Gasteiger partial charge in [0.25, 0.3) is 0 Å². The number of anilines is 1. The number of amides is 1. The van der Waals surface area contributed by atoms with E-state index in [9.17, 15) is 4.79 Å². The van der Waals surface area contributed by atoms with Crippen molar-refractivity contribution in [2.45, 2.75) is 25.3 Å². The number of nitrogens with zero attached hydrogens (tertiary/aromatic N) is 4. The Hall–Kier alpha value is -3.74. The number of hydrogen-bond donors (Lipinski definition) is 2. The molecule has 5 rings (SSSR count). The van der Waals surface area contributed by atoms with E-state index in [0.29, 0.717) is 12.2 Å². The number of nitrogen functional groups attached to an aromatic ring is 1. The topological polar surface area (TPSA) is 98.2 Å². The molecular formula is C22H20N6O. The first kappa shape index (κ1) is 17.4. The molecule has 0 saturated heterocycles. The maximum atomic E-state index is 11.9. The SMILES string of the molecule is C=CC(=O)NC1Cc2c(c(-c3cnc4ccccc4c3)c3c(N)ncnn23)C1C. The van der Waals surface area contributed by atoms with Gasteiger partial charge in [-0.1, -0.05) is 31.7 Å². The van der Waals surface area contributed by atoms with Crippen molar-refractivity contribution in [3.8, 4) is 11.1 Å². The minimum atomic E-state index is -0.177. The maximum absolute atomic E-state index is 11.9. The molecule has 0 spiro atoms. The van der Waals surface area contributed by atoms with E-state index in [-0.39, 0.29) is 17.9 Å². The fraction of sp³-hybridized carbons (Fsp3) is 0.182. The number of carbonyl (C=O) groups excluding carboxylic acids is 1. The van der Waals surface area contributed by atoms with Gasteiger partial charge >= 0.3 is 0 Å². The molecule has 3 N–H and O–H groups in total. The summed E-state index contributed by atoms with van der Waals surface area (Å²) in [7, 11) is 0. The summed E-state index contributed by atoms with van der Waals surface area (Å²) in [6.45, 7) is 5.67. The highest BCUT2D eigenvalue weighted by molar-refractivity contribution is 5.95. The molecule has 0 radical (unpaired) electrons. The lowest BCUT2D eigenvalue weighted by molar-refractivity contribution is -0.117. The molecule has 0 aliphatic heterocycles. The lowest BCUT2D eigenvalue weighted by Crippen LogP contribution is -2.36. The van der Waals surface area contributed by atoms with Gasteiger partial charge in [0.15, 0.2) is 5.82 Å². The molecule has 3 heterocycles. The Morgan fingerprint density at radius 3 is 3.00 bits per heavy atom.